The molecular formula is C10H14N4OS2. The van der Waals surface area contributed by atoms with Gasteiger partial charge >= 0.3 is 0 Å². The standard InChI is InChI=1S/C10H14N4OS2/c1-3-5-14(6-4-2)8(15)7-16-10-13-12-9(11)17-10/h3-4H,1-2,5-7H2,(H2,11,12). The van der Waals surface area contributed by atoms with E-state index in [1.54, 1.807) is 17.1 Å². The van der Waals surface area contributed by atoms with Gasteiger partial charge in [-0.15, -0.1) is 23.4 Å². The number of thioether (sulfide) groups is 1. The third-order valence-electron chi connectivity index (χ3n) is 1.79. The van der Waals surface area contributed by atoms with Gasteiger partial charge in [0.05, 0.1) is 5.75 Å². The van der Waals surface area contributed by atoms with Crippen molar-refractivity contribution >= 4 is 34.1 Å². The molecule has 5 nitrogen and oxygen atoms in total. The van der Waals surface area contributed by atoms with Crippen LogP contribution in [-0.4, -0.2) is 39.8 Å². The average molecular weight is 270 g/mol. The number of nitrogens with two attached hydrogens (primary N) is 1. The second kappa shape index (κ2) is 7.08. The van der Waals surface area contributed by atoms with Gasteiger partial charge in [0.15, 0.2) is 4.34 Å². The van der Waals surface area contributed by atoms with Crippen molar-refractivity contribution in [2.45, 2.75) is 4.34 Å². The van der Waals surface area contributed by atoms with E-state index in [9.17, 15) is 4.79 Å². The minimum atomic E-state index is 0.0172. The molecule has 0 unspecified atom stereocenters. The Morgan fingerprint density at radius 1 is 1.41 bits per heavy atom. The van der Waals surface area contributed by atoms with Crippen LogP contribution < -0.4 is 5.73 Å². The SMILES string of the molecule is C=CCN(CC=C)C(=O)CSc1nnc(N)s1. The van der Waals surface area contributed by atoms with E-state index < -0.39 is 0 Å². The summed E-state index contributed by atoms with van der Waals surface area (Å²) in [4.78, 5) is 13.5. The fourth-order valence-electron chi connectivity index (χ4n) is 1.08. The predicted octanol–water partition coefficient (Wildman–Crippen LogP) is 1.41. The Bertz CT molecular complexity index is 395. The minimum Gasteiger partial charge on any atom is -0.374 e. The molecule has 2 N–H and O–H groups in total. The molecule has 17 heavy (non-hydrogen) atoms. The predicted molar refractivity (Wildman–Crippen MR) is 72.0 cm³/mol. The summed E-state index contributed by atoms with van der Waals surface area (Å²) in [6.07, 6.45) is 3.38. The van der Waals surface area contributed by atoms with Gasteiger partial charge in [0.25, 0.3) is 0 Å². The normalized spacial score (nSPS) is 9.88. The number of amides is 1. The first-order valence-corrected chi connectivity index (χ1v) is 6.69. The second-order valence-corrected chi connectivity index (χ2v) is 5.30. The number of anilines is 1. The van der Waals surface area contributed by atoms with Crippen LogP contribution in [0.25, 0.3) is 0 Å². The first kappa shape index (κ1) is 13.7. The van der Waals surface area contributed by atoms with Gasteiger partial charge in [-0.3, -0.25) is 4.79 Å². The molecule has 1 aromatic rings. The smallest absolute Gasteiger partial charge is 0.233 e. The zero-order chi connectivity index (χ0) is 12.7. The lowest BCUT2D eigenvalue weighted by Gasteiger charge is -2.18. The highest BCUT2D eigenvalue weighted by Crippen LogP contribution is 2.23. The molecule has 0 aliphatic rings. The summed E-state index contributed by atoms with van der Waals surface area (Å²) >= 11 is 2.61. The van der Waals surface area contributed by atoms with E-state index in [2.05, 4.69) is 23.4 Å². The fraction of sp³-hybridized carbons (Fsp3) is 0.300. The Morgan fingerprint density at radius 3 is 2.53 bits per heavy atom. The molecule has 0 atom stereocenters. The number of aromatic nitrogens is 2. The molecule has 0 aliphatic carbocycles. The highest BCUT2D eigenvalue weighted by molar-refractivity contribution is 8.01. The zero-order valence-electron chi connectivity index (χ0n) is 9.33. The number of hydrogen-bond acceptors (Lipinski definition) is 6. The van der Waals surface area contributed by atoms with Crippen LogP contribution >= 0.6 is 23.1 Å². The van der Waals surface area contributed by atoms with Gasteiger partial charge in [-0.25, -0.2) is 0 Å². The molecule has 0 aromatic carbocycles. The Labute approximate surface area is 108 Å². The third kappa shape index (κ3) is 4.58. The van der Waals surface area contributed by atoms with Crippen LogP contribution in [0.2, 0.25) is 0 Å². The molecule has 1 heterocycles. The summed E-state index contributed by atoms with van der Waals surface area (Å²) < 4.78 is 0.702. The van der Waals surface area contributed by atoms with Gasteiger partial charge in [-0.05, 0) is 0 Å². The molecule has 0 radical (unpaired) electrons. The summed E-state index contributed by atoms with van der Waals surface area (Å²) in [5, 5.41) is 7.93. The minimum absolute atomic E-state index is 0.0172. The summed E-state index contributed by atoms with van der Waals surface area (Å²) in [6.45, 7) is 8.26. The van der Waals surface area contributed by atoms with Crippen molar-refractivity contribution in [3.05, 3.63) is 25.3 Å². The Kier molecular flexibility index (Phi) is 5.71. The fourth-order valence-corrected chi connectivity index (χ4v) is 2.62. The molecule has 0 saturated carbocycles. The summed E-state index contributed by atoms with van der Waals surface area (Å²) in [6, 6.07) is 0. The Balaban J connectivity index is 2.46. The third-order valence-corrected chi connectivity index (χ3v) is 3.66. The monoisotopic (exact) mass is 270 g/mol. The molecule has 0 bridgehead atoms. The van der Waals surface area contributed by atoms with E-state index in [0.29, 0.717) is 28.3 Å². The van der Waals surface area contributed by atoms with E-state index in [1.807, 2.05) is 0 Å². The van der Waals surface area contributed by atoms with Gasteiger partial charge in [0.2, 0.25) is 11.0 Å². The van der Waals surface area contributed by atoms with Crippen molar-refractivity contribution in [3.8, 4) is 0 Å². The van der Waals surface area contributed by atoms with Crippen LogP contribution in [0.3, 0.4) is 0 Å². The molecule has 0 spiro atoms. The molecular weight excluding hydrogens is 256 g/mol. The quantitative estimate of drug-likeness (QED) is 0.599. The molecule has 1 rings (SSSR count). The Hall–Kier alpha value is -1.34. The topological polar surface area (TPSA) is 72.1 Å². The number of carbonyl (C=O) groups excluding carboxylic acids is 1. The molecule has 1 aromatic heterocycles. The van der Waals surface area contributed by atoms with E-state index >= 15 is 0 Å². The van der Waals surface area contributed by atoms with Crippen LogP contribution in [0.15, 0.2) is 29.6 Å². The average Bonchev–Trinajstić information content (AvgIpc) is 2.72. The van der Waals surface area contributed by atoms with Gasteiger partial charge in [0, 0.05) is 13.1 Å². The zero-order valence-corrected chi connectivity index (χ0v) is 11.0. The number of hydrogen-bond donors (Lipinski definition) is 1. The number of carbonyl (C=O) groups is 1. The van der Waals surface area contributed by atoms with Crippen LogP contribution in [0.4, 0.5) is 5.13 Å². The van der Waals surface area contributed by atoms with Crippen molar-refractivity contribution < 1.29 is 4.79 Å². The largest absolute Gasteiger partial charge is 0.374 e. The molecule has 0 saturated heterocycles. The van der Waals surface area contributed by atoms with Crippen molar-refractivity contribution in [2.24, 2.45) is 0 Å². The molecule has 0 aliphatic heterocycles. The number of rotatable bonds is 7. The van der Waals surface area contributed by atoms with E-state index in [4.69, 9.17) is 5.73 Å². The Morgan fingerprint density at radius 2 is 2.06 bits per heavy atom. The first-order valence-electron chi connectivity index (χ1n) is 4.88. The van der Waals surface area contributed by atoms with Gasteiger partial charge in [0.1, 0.15) is 0 Å². The second-order valence-electron chi connectivity index (χ2n) is 3.07. The van der Waals surface area contributed by atoms with Crippen LogP contribution in [0.1, 0.15) is 0 Å². The maximum absolute atomic E-state index is 11.8. The van der Waals surface area contributed by atoms with Gasteiger partial charge in [-0.2, -0.15) is 0 Å². The molecule has 1 amide bonds. The summed E-state index contributed by atoms with van der Waals surface area (Å²) in [5.74, 6) is 0.333. The van der Waals surface area contributed by atoms with Crippen molar-refractivity contribution in [1.82, 2.24) is 15.1 Å². The number of nitrogen functional groups attached to an aromatic ring is 1. The van der Waals surface area contributed by atoms with Crippen LogP contribution in [0.5, 0.6) is 0 Å². The lowest BCUT2D eigenvalue weighted by Crippen LogP contribution is -2.32. The summed E-state index contributed by atoms with van der Waals surface area (Å²) in [5.41, 5.74) is 5.45. The van der Waals surface area contributed by atoms with Crippen LogP contribution in [0, 0.1) is 0 Å². The van der Waals surface area contributed by atoms with E-state index in [-0.39, 0.29) is 5.91 Å². The number of nitrogens with zero attached hydrogens (tertiary/aromatic N) is 3. The lowest BCUT2D eigenvalue weighted by atomic mass is 10.4. The van der Waals surface area contributed by atoms with Crippen LogP contribution in [-0.2, 0) is 4.79 Å². The van der Waals surface area contributed by atoms with E-state index in [1.165, 1.54) is 23.1 Å². The summed E-state index contributed by atoms with van der Waals surface area (Å²) in [7, 11) is 0. The van der Waals surface area contributed by atoms with Crippen molar-refractivity contribution in [2.75, 3.05) is 24.6 Å². The van der Waals surface area contributed by atoms with Gasteiger partial charge < -0.3 is 10.6 Å². The van der Waals surface area contributed by atoms with Crippen molar-refractivity contribution in [3.63, 3.8) is 0 Å². The van der Waals surface area contributed by atoms with Crippen molar-refractivity contribution in [1.29, 1.82) is 0 Å². The molecule has 92 valence electrons. The molecule has 0 fully saturated rings. The molecule has 7 heteroatoms. The lowest BCUT2D eigenvalue weighted by molar-refractivity contribution is -0.127. The highest BCUT2D eigenvalue weighted by Gasteiger charge is 2.12. The van der Waals surface area contributed by atoms with E-state index in [0.717, 1.165) is 0 Å². The first-order chi connectivity index (χ1) is 8.17. The van der Waals surface area contributed by atoms with Gasteiger partial charge in [-0.1, -0.05) is 35.3 Å². The highest BCUT2D eigenvalue weighted by atomic mass is 32.2. The maximum Gasteiger partial charge on any atom is 0.233 e. The maximum atomic E-state index is 11.8.